The normalized spacial score (nSPS) is 10.2. The van der Waals surface area contributed by atoms with E-state index in [0.717, 1.165) is 16.7 Å². The molecule has 0 bridgehead atoms. The van der Waals surface area contributed by atoms with Crippen molar-refractivity contribution in [2.24, 2.45) is 0 Å². The summed E-state index contributed by atoms with van der Waals surface area (Å²) in [4.78, 5) is 36.3. The van der Waals surface area contributed by atoms with Crippen molar-refractivity contribution in [1.82, 2.24) is 5.32 Å². The van der Waals surface area contributed by atoms with Crippen LogP contribution in [0.2, 0.25) is 0 Å². The molecule has 31 heavy (non-hydrogen) atoms. The van der Waals surface area contributed by atoms with Crippen LogP contribution in [0.5, 0.6) is 0 Å². The van der Waals surface area contributed by atoms with Crippen molar-refractivity contribution in [2.45, 2.75) is 13.3 Å². The Bertz CT molecular complexity index is 1060. The number of hydrogen-bond donors (Lipinski definition) is 2. The lowest BCUT2D eigenvalue weighted by Crippen LogP contribution is -2.28. The molecule has 0 aliphatic carbocycles. The maximum absolute atomic E-state index is 12.2. The summed E-state index contributed by atoms with van der Waals surface area (Å²) in [6.07, 6.45) is -0.0223. The Morgan fingerprint density at radius 1 is 0.839 bits per heavy atom. The molecule has 0 spiro atoms. The molecule has 0 saturated heterocycles. The molecule has 0 aliphatic heterocycles. The third-order valence-corrected chi connectivity index (χ3v) is 4.65. The van der Waals surface area contributed by atoms with Crippen LogP contribution >= 0.6 is 0 Å². The molecule has 6 heteroatoms. The van der Waals surface area contributed by atoms with Crippen molar-refractivity contribution < 1.29 is 19.1 Å². The first-order valence-corrected chi connectivity index (χ1v) is 9.98. The minimum Gasteiger partial charge on any atom is -0.456 e. The second-order valence-electron chi connectivity index (χ2n) is 6.94. The SMILES string of the molecule is Cc1ccccc1C(=O)NCCC(=O)OCC(=O)Nc1ccccc1-c1ccccc1. The van der Waals surface area contributed by atoms with Crippen LogP contribution in [-0.4, -0.2) is 30.9 Å². The molecule has 3 aromatic carbocycles. The summed E-state index contributed by atoms with van der Waals surface area (Å²) in [6, 6.07) is 24.3. The average Bonchev–Trinajstić information content (AvgIpc) is 2.79. The van der Waals surface area contributed by atoms with Gasteiger partial charge in [0.15, 0.2) is 6.61 Å². The Kier molecular flexibility index (Phi) is 7.54. The molecule has 0 radical (unpaired) electrons. The summed E-state index contributed by atoms with van der Waals surface area (Å²) < 4.78 is 5.03. The lowest BCUT2D eigenvalue weighted by Gasteiger charge is -2.12. The number of carbonyl (C=O) groups is 3. The van der Waals surface area contributed by atoms with Gasteiger partial charge in [-0.1, -0.05) is 66.7 Å². The van der Waals surface area contributed by atoms with Crippen molar-refractivity contribution in [3.8, 4) is 11.1 Å². The Labute approximate surface area is 181 Å². The zero-order chi connectivity index (χ0) is 22.1. The van der Waals surface area contributed by atoms with Crippen molar-refractivity contribution in [3.05, 3.63) is 90.0 Å². The molecule has 0 aliphatic rings. The number of ether oxygens (including phenoxy) is 1. The smallest absolute Gasteiger partial charge is 0.308 e. The third kappa shape index (κ3) is 6.27. The van der Waals surface area contributed by atoms with Gasteiger partial charge in [-0.2, -0.15) is 0 Å². The fraction of sp³-hybridized carbons (Fsp3) is 0.160. The highest BCUT2D eigenvalue weighted by atomic mass is 16.5. The molecule has 0 aromatic heterocycles. The fourth-order valence-corrected chi connectivity index (χ4v) is 3.07. The highest BCUT2D eigenvalue weighted by Crippen LogP contribution is 2.27. The summed E-state index contributed by atoms with van der Waals surface area (Å²) in [5.41, 5.74) is 3.91. The maximum atomic E-state index is 12.2. The van der Waals surface area contributed by atoms with Gasteiger partial charge in [-0.25, -0.2) is 0 Å². The van der Waals surface area contributed by atoms with Crippen molar-refractivity contribution in [1.29, 1.82) is 0 Å². The molecule has 0 fully saturated rings. The number of hydrogen-bond acceptors (Lipinski definition) is 4. The van der Waals surface area contributed by atoms with Gasteiger partial charge in [-0.3, -0.25) is 14.4 Å². The summed E-state index contributed by atoms with van der Waals surface area (Å²) in [5, 5.41) is 5.46. The predicted octanol–water partition coefficient (Wildman–Crippen LogP) is 3.96. The third-order valence-electron chi connectivity index (χ3n) is 4.65. The summed E-state index contributed by atoms with van der Waals surface area (Å²) in [6.45, 7) is 1.58. The van der Waals surface area contributed by atoms with Crippen LogP contribution in [0.15, 0.2) is 78.9 Å². The first-order valence-electron chi connectivity index (χ1n) is 9.98. The zero-order valence-corrected chi connectivity index (χ0v) is 17.3. The lowest BCUT2D eigenvalue weighted by atomic mass is 10.0. The van der Waals surface area contributed by atoms with Crippen LogP contribution in [0.4, 0.5) is 5.69 Å². The Morgan fingerprint density at radius 3 is 2.29 bits per heavy atom. The number of aryl methyl sites for hydroxylation is 1. The van der Waals surface area contributed by atoms with Crippen LogP contribution in [-0.2, 0) is 14.3 Å². The quantitative estimate of drug-likeness (QED) is 0.545. The van der Waals surface area contributed by atoms with Crippen LogP contribution in [0.1, 0.15) is 22.3 Å². The number of rotatable bonds is 8. The molecule has 2 N–H and O–H groups in total. The van der Waals surface area contributed by atoms with E-state index in [4.69, 9.17) is 4.74 Å². The number of benzene rings is 3. The fourth-order valence-electron chi connectivity index (χ4n) is 3.07. The van der Waals surface area contributed by atoms with Gasteiger partial charge in [-0.15, -0.1) is 0 Å². The maximum Gasteiger partial charge on any atom is 0.308 e. The van der Waals surface area contributed by atoms with Gasteiger partial charge in [0, 0.05) is 23.4 Å². The van der Waals surface area contributed by atoms with Crippen LogP contribution in [0, 0.1) is 6.92 Å². The largest absolute Gasteiger partial charge is 0.456 e. The topological polar surface area (TPSA) is 84.5 Å². The molecule has 0 unspecified atom stereocenters. The zero-order valence-electron chi connectivity index (χ0n) is 17.3. The van der Waals surface area contributed by atoms with E-state index in [1.165, 1.54) is 0 Å². The molecule has 0 saturated carbocycles. The van der Waals surface area contributed by atoms with Gasteiger partial charge in [0.1, 0.15) is 0 Å². The van der Waals surface area contributed by atoms with Crippen LogP contribution < -0.4 is 10.6 Å². The standard InChI is InChI=1S/C25H24N2O4/c1-18-9-5-6-12-20(18)25(30)26-16-15-24(29)31-17-23(28)27-22-14-8-7-13-21(22)19-10-3-2-4-11-19/h2-14H,15-17H2,1H3,(H,26,30)(H,27,28). The van der Waals surface area contributed by atoms with E-state index < -0.39 is 18.5 Å². The first kappa shape index (κ1) is 21.8. The van der Waals surface area contributed by atoms with Crippen LogP contribution in [0.3, 0.4) is 0 Å². The number of amides is 2. The molecule has 2 amide bonds. The highest BCUT2D eigenvalue weighted by molar-refractivity contribution is 5.97. The van der Waals surface area contributed by atoms with Gasteiger partial charge < -0.3 is 15.4 Å². The molecule has 6 nitrogen and oxygen atoms in total. The molecule has 3 aromatic rings. The molecule has 3 rings (SSSR count). The molecular formula is C25H24N2O4. The van der Waals surface area contributed by atoms with Crippen molar-refractivity contribution >= 4 is 23.5 Å². The Morgan fingerprint density at radius 2 is 1.52 bits per heavy atom. The van der Waals surface area contributed by atoms with Gasteiger partial charge in [0.25, 0.3) is 11.8 Å². The molecule has 0 atom stereocenters. The predicted molar refractivity (Wildman–Crippen MR) is 120 cm³/mol. The van der Waals surface area contributed by atoms with E-state index in [1.54, 1.807) is 18.2 Å². The lowest BCUT2D eigenvalue weighted by molar-refractivity contribution is -0.147. The van der Waals surface area contributed by atoms with E-state index in [2.05, 4.69) is 10.6 Å². The van der Waals surface area contributed by atoms with Gasteiger partial charge in [0.05, 0.1) is 6.42 Å². The number of anilines is 1. The number of esters is 1. The molecule has 0 heterocycles. The number of para-hydroxylation sites is 1. The van der Waals surface area contributed by atoms with Gasteiger partial charge in [0.2, 0.25) is 0 Å². The van der Waals surface area contributed by atoms with Gasteiger partial charge in [-0.05, 0) is 30.2 Å². The Balaban J connectivity index is 1.45. The Hall–Kier alpha value is -3.93. The van der Waals surface area contributed by atoms with Crippen LogP contribution in [0.25, 0.3) is 11.1 Å². The minimum atomic E-state index is -0.559. The van der Waals surface area contributed by atoms with Crippen molar-refractivity contribution in [3.63, 3.8) is 0 Å². The van der Waals surface area contributed by atoms with E-state index >= 15 is 0 Å². The average molecular weight is 416 g/mol. The van der Waals surface area contributed by atoms with Gasteiger partial charge >= 0.3 is 5.97 Å². The van der Waals surface area contributed by atoms with E-state index in [-0.39, 0.29) is 18.9 Å². The summed E-state index contributed by atoms with van der Waals surface area (Å²) in [7, 11) is 0. The second kappa shape index (κ2) is 10.7. The number of nitrogens with one attached hydrogen (secondary N) is 2. The summed E-state index contributed by atoms with van der Waals surface area (Å²) in [5.74, 6) is -1.24. The second-order valence-corrected chi connectivity index (χ2v) is 6.94. The van der Waals surface area contributed by atoms with E-state index in [9.17, 15) is 14.4 Å². The van der Waals surface area contributed by atoms with Crippen molar-refractivity contribution in [2.75, 3.05) is 18.5 Å². The molecule has 158 valence electrons. The van der Waals surface area contributed by atoms with E-state index in [1.807, 2.05) is 67.6 Å². The first-order chi connectivity index (χ1) is 15.0. The molecular weight excluding hydrogens is 392 g/mol. The monoisotopic (exact) mass is 416 g/mol. The minimum absolute atomic E-state index is 0.0223. The highest BCUT2D eigenvalue weighted by Gasteiger charge is 2.12. The summed E-state index contributed by atoms with van der Waals surface area (Å²) >= 11 is 0. The van der Waals surface area contributed by atoms with E-state index in [0.29, 0.717) is 11.3 Å². The number of carbonyl (C=O) groups excluding carboxylic acids is 3.